The topological polar surface area (TPSA) is 70.4 Å². The number of nitrogens with one attached hydrogen (secondary N) is 2. The van der Waals surface area contributed by atoms with Crippen LogP contribution < -0.4 is 16.6 Å². The van der Waals surface area contributed by atoms with Crippen molar-refractivity contribution in [2.24, 2.45) is 5.84 Å². The molecule has 4 N–H and O–H groups in total. The van der Waals surface area contributed by atoms with Crippen LogP contribution in [-0.4, -0.2) is 44.5 Å². The Balaban J connectivity index is 3.26. The van der Waals surface area contributed by atoms with Crippen LogP contribution in [0.25, 0.3) is 0 Å². The zero-order valence-electron chi connectivity index (χ0n) is 9.18. The standard InChI is InChI=1S/C9H22N4O/c1-11-6-4-8-13(2)7-3-5-9(14)12-10/h11H,3-8,10H2,1-2H3,(H,12,14). The number of hydrogen-bond acceptors (Lipinski definition) is 4. The Morgan fingerprint density at radius 1 is 1.36 bits per heavy atom. The first kappa shape index (κ1) is 13.4. The van der Waals surface area contributed by atoms with Crippen LogP contribution in [-0.2, 0) is 4.79 Å². The molecule has 0 aliphatic heterocycles. The Kier molecular flexibility index (Phi) is 8.51. The van der Waals surface area contributed by atoms with Crippen LogP contribution in [0, 0.1) is 0 Å². The van der Waals surface area contributed by atoms with Crippen LogP contribution >= 0.6 is 0 Å². The molecule has 0 saturated carbocycles. The molecule has 0 atom stereocenters. The number of nitrogens with two attached hydrogens (primary N) is 1. The minimum atomic E-state index is -0.0892. The lowest BCUT2D eigenvalue weighted by Gasteiger charge is -2.15. The highest BCUT2D eigenvalue weighted by Gasteiger charge is 2.00. The molecule has 0 saturated heterocycles. The fourth-order valence-corrected chi connectivity index (χ4v) is 1.22. The number of hydrazine groups is 1. The second-order valence-corrected chi connectivity index (χ2v) is 3.43. The van der Waals surface area contributed by atoms with E-state index in [1.165, 1.54) is 0 Å². The van der Waals surface area contributed by atoms with Crippen LogP contribution in [0.4, 0.5) is 0 Å². The van der Waals surface area contributed by atoms with Gasteiger partial charge in [0.1, 0.15) is 0 Å². The van der Waals surface area contributed by atoms with Crippen molar-refractivity contribution in [3.05, 3.63) is 0 Å². The van der Waals surface area contributed by atoms with E-state index in [1.807, 2.05) is 7.05 Å². The van der Waals surface area contributed by atoms with E-state index in [1.54, 1.807) is 0 Å². The maximum absolute atomic E-state index is 10.8. The molecule has 0 aromatic carbocycles. The summed E-state index contributed by atoms with van der Waals surface area (Å²) in [5.41, 5.74) is 2.12. The van der Waals surface area contributed by atoms with Gasteiger partial charge in [-0.15, -0.1) is 0 Å². The molecule has 5 heteroatoms. The summed E-state index contributed by atoms with van der Waals surface area (Å²) in [4.78, 5) is 13.0. The van der Waals surface area contributed by atoms with Crippen molar-refractivity contribution in [1.82, 2.24) is 15.6 Å². The SMILES string of the molecule is CNCCCN(C)CCCC(=O)NN. The fourth-order valence-electron chi connectivity index (χ4n) is 1.22. The van der Waals surface area contributed by atoms with Crippen LogP contribution in [0.15, 0.2) is 0 Å². The molecule has 0 aromatic heterocycles. The quantitative estimate of drug-likeness (QED) is 0.211. The van der Waals surface area contributed by atoms with Gasteiger partial charge in [-0.05, 0) is 46.6 Å². The Labute approximate surface area is 86.0 Å². The highest BCUT2D eigenvalue weighted by molar-refractivity contribution is 5.75. The molecule has 84 valence electrons. The number of hydrogen-bond donors (Lipinski definition) is 3. The van der Waals surface area contributed by atoms with E-state index < -0.39 is 0 Å². The molecule has 0 aromatic rings. The van der Waals surface area contributed by atoms with Gasteiger partial charge in [-0.3, -0.25) is 10.2 Å². The number of nitrogens with zero attached hydrogens (tertiary/aromatic N) is 1. The minimum Gasteiger partial charge on any atom is -0.320 e. The van der Waals surface area contributed by atoms with E-state index >= 15 is 0 Å². The first-order valence-electron chi connectivity index (χ1n) is 5.03. The van der Waals surface area contributed by atoms with Gasteiger partial charge in [-0.2, -0.15) is 0 Å². The molecule has 0 radical (unpaired) electrons. The lowest BCUT2D eigenvalue weighted by atomic mass is 10.3. The summed E-state index contributed by atoms with van der Waals surface area (Å²) in [7, 11) is 4.02. The summed E-state index contributed by atoms with van der Waals surface area (Å²) in [6, 6.07) is 0. The van der Waals surface area contributed by atoms with E-state index in [2.05, 4.69) is 22.7 Å². The predicted molar refractivity (Wildman–Crippen MR) is 57.6 cm³/mol. The number of rotatable bonds is 8. The molecule has 0 spiro atoms. The summed E-state index contributed by atoms with van der Waals surface area (Å²) >= 11 is 0. The second kappa shape index (κ2) is 8.93. The van der Waals surface area contributed by atoms with Gasteiger partial charge in [0.2, 0.25) is 5.91 Å². The van der Waals surface area contributed by atoms with Crippen molar-refractivity contribution in [2.75, 3.05) is 33.7 Å². The maximum atomic E-state index is 10.8. The normalized spacial score (nSPS) is 10.6. The smallest absolute Gasteiger partial charge is 0.233 e. The molecular formula is C9H22N4O. The third kappa shape index (κ3) is 7.97. The molecule has 0 unspecified atom stereocenters. The van der Waals surface area contributed by atoms with Gasteiger partial charge < -0.3 is 10.2 Å². The molecular weight excluding hydrogens is 180 g/mol. The molecule has 0 heterocycles. The van der Waals surface area contributed by atoms with E-state index in [0.717, 1.165) is 32.5 Å². The summed E-state index contributed by atoms with van der Waals surface area (Å²) in [5, 5.41) is 3.10. The molecule has 0 rings (SSSR count). The van der Waals surface area contributed by atoms with Crippen LogP contribution in [0.1, 0.15) is 19.3 Å². The van der Waals surface area contributed by atoms with Gasteiger partial charge >= 0.3 is 0 Å². The maximum Gasteiger partial charge on any atom is 0.233 e. The van der Waals surface area contributed by atoms with Crippen molar-refractivity contribution < 1.29 is 4.79 Å². The van der Waals surface area contributed by atoms with Crippen molar-refractivity contribution in [3.8, 4) is 0 Å². The highest BCUT2D eigenvalue weighted by atomic mass is 16.2. The van der Waals surface area contributed by atoms with Gasteiger partial charge in [0.05, 0.1) is 0 Å². The zero-order chi connectivity index (χ0) is 10.8. The number of amides is 1. The Morgan fingerprint density at radius 2 is 2.00 bits per heavy atom. The number of carbonyl (C=O) groups is 1. The molecule has 1 amide bonds. The number of carbonyl (C=O) groups excluding carboxylic acids is 1. The summed E-state index contributed by atoms with van der Waals surface area (Å²) in [6.45, 7) is 3.04. The average Bonchev–Trinajstić information content (AvgIpc) is 2.18. The molecule has 0 bridgehead atoms. The van der Waals surface area contributed by atoms with Gasteiger partial charge in [0, 0.05) is 6.42 Å². The monoisotopic (exact) mass is 202 g/mol. The lowest BCUT2D eigenvalue weighted by Crippen LogP contribution is -2.31. The zero-order valence-corrected chi connectivity index (χ0v) is 9.18. The molecule has 14 heavy (non-hydrogen) atoms. The fraction of sp³-hybridized carbons (Fsp3) is 0.889. The van der Waals surface area contributed by atoms with E-state index in [9.17, 15) is 4.79 Å². The van der Waals surface area contributed by atoms with Crippen LogP contribution in [0.5, 0.6) is 0 Å². The highest BCUT2D eigenvalue weighted by Crippen LogP contribution is 1.93. The summed E-state index contributed by atoms with van der Waals surface area (Å²) in [6.07, 6.45) is 2.50. The second-order valence-electron chi connectivity index (χ2n) is 3.43. The first-order chi connectivity index (χ1) is 6.70. The van der Waals surface area contributed by atoms with Crippen LogP contribution in [0.3, 0.4) is 0 Å². The van der Waals surface area contributed by atoms with E-state index in [-0.39, 0.29) is 5.91 Å². The largest absolute Gasteiger partial charge is 0.320 e. The van der Waals surface area contributed by atoms with E-state index in [0.29, 0.717) is 6.42 Å². The Bertz CT molecular complexity index is 152. The summed E-state index contributed by atoms with van der Waals surface area (Å²) < 4.78 is 0. The molecule has 0 aliphatic rings. The third-order valence-electron chi connectivity index (χ3n) is 2.07. The van der Waals surface area contributed by atoms with Gasteiger partial charge in [-0.25, -0.2) is 5.84 Å². The molecule has 0 aliphatic carbocycles. The minimum absolute atomic E-state index is 0.0892. The Hall–Kier alpha value is -0.650. The van der Waals surface area contributed by atoms with Crippen molar-refractivity contribution in [1.29, 1.82) is 0 Å². The summed E-state index contributed by atoms with van der Waals surface area (Å²) in [5.74, 6) is 4.88. The lowest BCUT2D eigenvalue weighted by molar-refractivity contribution is -0.121. The van der Waals surface area contributed by atoms with Crippen molar-refractivity contribution in [3.63, 3.8) is 0 Å². The first-order valence-corrected chi connectivity index (χ1v) is 5.03. The third-order valence-corrected chi connectivity index (χ3v) is 2.07. The van der Waals surface area contributed by atoms with E-state index in [4.69, 9.17) is 5.84 Å². The van der Waals surface area contributed by atoms with Crippen molar-refractivity contribution in [2.45, 2.75) is 19.3 Å². The molecule has 5 nitrogen and oxygen atoms in total. The van der Waals surface area contributed by atoms with Crippen molar-refractivity contribution >= 4 is 5.91 Å². The van der Waals surface area contributed by atoms with Crippen LogP contribution in [0.2, 0.25) is 0 Å². The van der Waals surface area contributed by atoms with Gasteiger partial charge in [-0.1, -0.05) is 0 Å². The van der Waals surface area contributed by atoms with Gasteiger partial charge in [0.25, 0.3) is 0 Å². The van der Waals surface area contributed by atoms with Gasteiger partial charge in [0.15, 0.2) is 0 Å². The molecule has 0 fully saturated rings. The average molecular weight is 202 g/mol. The Morgan fingerprint density at radius 3 is 2.57 bits per heavy atom. The predicted octanol–water partition coefficient (Wildman–Crippen LogP) is -0.702.